The van der Waals surface area contributed by atoms with E-state index in [0.717, 1.165) is 16.7 Å². The van der Waals surface area contributed by atoms with Crippen molar-refractivity contribution in [3.05, 3.63) is 41.0 Å². The molecular weight excluding hydrogens is 456 g/mol. The Kier molecular flexibility index (Phi) is 4.69. The number of alkyl halides is 1. The standard InChI is InChI=1S/C22H21BrO7/c1-25-16-4-10(5-17(26-2)21(16)27-3)18-11-6-14-15(30-9-29-14)7-12(11)20(23)13-8-28-22(24)19(13)18/h4-7,13,18-20H,8-9H2,1-3H3/t13-,18+,19-,20?/m0/s1. The number of fused-ring (bicyclic) bond motifs is 3. The fourth-order valence-electron chi connectivity index (χ4n) is 4.78. The Labute approximate surface area is 182 Å². The molecule has 1 saturated heterocycles. The first-order valence-corrected chi connectivity index (χ1v) is 10.5. The lowest BCUT2D eigenvalue weighted by molar-refractivity contribution is -0.141. The number of hydrogen-bond donors (Lipinski definition) is 0. The summed E-state index contributed by atoms with van der Waals surface area (Å²) in [6, 6.07) is 7.78. The van der Waals surface area contributed by atoms with Gasteiger partial charge in [0.2, 0.25) is 12.5 Å². The number of methoxy groups -OCH3 is 3. The van der Waals surface area contributed by atoms with E-state index in [1.165, 1.54) is 0 Å². The molecule has 1 unspecified atom stereocenters. The second-order valence-corrected chi connectivity index (χ2v) is 8.48. The molecule has 1 fully saturated rings. The first-order chi connectivity index (χ1) is 14.6. The van der Waals surface area contributed by atoms with Crippen molar-refractivity contribution in [1.29, 1.82) is 0 Å². The number of rotatable bonds is 4. The summed E-state index contributed by atoms with van der Waals surface area (Å²) in [6.45, 7) is 0.559. The van der Waals surface area contributed by atoms with Crippen molar-refractivity contribution in [2.24, 2.45) is 11.8 Å². The van der Waals surface area contributed by atoms with Gasteiger partial charge in [0, 0.05) is 16.7 Å². The molecule has 158 valence electrons. The van der Waals surface area contributed by atoms with Gasteiger partial charge in [-0.3, -0.25) is 4.79 Å². The van der Waals surface area contributed by atoms with Crippen LogP contribution >= 0.6 is 15.9 Å². The lowest BCUT2D eigenvalue weighted by Crippen LogP contribution is -2.32. The monoisotopic (exact) mass is 476 g/mol. The highest BCUT2D eigenvalue weighted by Crippen LogP contribution is 2.57. The van der Waals surface area contributed by atoms with E-state index in [9.17, 15) is 4.79 Å². The summed E-state index contributed by atoms with van der Waals surface area (Å²) >= 11 is 3.81. The number of carbonyl (C=O) groups is 1. The van der Waals surface area contributed by atoms with Crippen LogP contribution in [0.2, 0.25) is 0 Å². The molecule has 0 N–H and O–H groups in total. The summed E-state index contributed by atoms with van der Waals surface area (Å²) in [5.74, 6) is 2.18. The lowest BCUT2D eigenvalue weighted by Gasteiger charge is -2.37. The van der Waals surface area contributed by atoms with E-state index in [0.29, 0.717) is 35.4 Å². The average Bonchev–Trinajstić information content (AvgIpc) is 3.38. The second kappa shape index (κ2) is 7.27. The summed E-state index contributed by atoms with van der Waals surface area (Å²) in [5.41, 5.74) is 2.95. The van der Waals surface area contributed by atoms with Gasteiger partial charge in [0.05, 0.1) is 33.9 Å². The van der Waals surface area contributed by atoms with E-state index in [1.807, 2.05) is 24.3 Å². The van der Waals surface area contributed by atoms with Crippen LogP contribution in [-0.4, -0.2) is 40.7 Å². The van der Waals surface area contributed by atoms with E-state index in [4.69, 9.17) is 28.4 Å². The van der Waals surface area contributed by atoms with E-state index < -0.39 is 0 Å². The van der Waals surface area contributed by atoms with Crippen molar-refractivity contribution in [2.45, 2.75) is 10.7 Å². The van der Waals surface area contributed by atoms with Crippen molar-refractivity contribution in [1.82, 2.24) is 0 Å². The summed E-state index contributed by atoms with van der Waals surface area (Å²) in [7, 11) is 4.72. The van der Waals surface area contributed by atoms with Crippen molar-refractivity contribution in [3.63, 3.8) is 0 Å². The van der Waals surface area contributed by atoms with E-state index in [1.54, 1.807) is 21.3 Å². The molecule has 0 amide bonds. The van der Waals surface area contributed by atoms with Gasteiger partial charge >= 0.3 is 5.97 Å². The van der Waals surface area contributed by atoms with Gasteiger partial charge in [-0.15, -0.1) is 0 Å². The number of cyclic esters (lactones) is 1. The number of ether oxygens (including phenoxy) is 6. The Bertz CT molecular complexity index is 996. The van der Waals surface area contributed by atoms with Crippen LogP contribution in [0, 0.1) is 11.8 Å². The Balaban J connectivity index is 1.74. The molecule has 8 heteroatoms. The molecular formula is C22H21BrO7. The van der Waals surface area contributed by atoms with Crippen molar-refractivity contribution < 1.29 is 33.2 Å². The third kappa shape index (κ3) is 2.73. The molecule has 0 spiro atoms. The highest BCUT2D eigenvalue weighted by atomic mass is 79.9. The van der Waals surface area contributed by atoms with Crippen LogP contribution in [0.4, 0.5) is 0 Å². The molecule has 30 heavy (non-hydrogen) atoms. The first-order valence-electron chi connectivity index (χ1n) is 9.61. The third-order valence-corrected chi connectivity index (χ3v) is 7.32. The fourth-order valence-corrected chi connectivity index (χ4v) is 5.65. The number of carbonyl (C=O) groups excluding carboxylic acids is 1. The van der Waals surface area contributed by atoms with Crippen molar-refractivity contribution in [2.75, 3.05) is 34.7 Å². The van der Waals surface area contributed by atoms with Crippen LogP contribution in [0.15, 0.2) is 24.3 Å². The molecule has 3 aliphatic rings. The summed E-state index contributed by atoms with van der Waals surface area (Å²) in [5, 5.41) is 0. The largest absolute Gasteiger partial charge is 0.493 e. The van der Waals surface area contributed by atoms with E-state index in [-0.39, 0.29) is 35.3 Å². The molecule has 2 aromatic carbocycles. The van der Waals surface area contributed by atoms with E-state index in [2.05, 4.69) is 15.9 Å². The van der Waals surface area contributed by atoms with Crippen LogP contribution in [0.25, 0.3) is 0 Å². The average molecular weight is 477 g/mol. The zero-order chi connectivity index (χ0) is 21.0. The molecule has 0 radical (unpaired) electrons. The maximum absolute atomic E-state index is 12.8. The highest BCUT2D eigenvalue weighted by molar-refractivity contribution is 9.09. The Morgan fingerprint density at radius 2 is 1.53 bits per heavy atom. The van der Waals surface area contributed by atoms with Crippen LogP contribution in [-0.2, 0) is 9.53 Å². The summed E-state index contributed by atoms with van der Waals surface area (Å²) in [4.78, 5) is 12.8. The van der Waals surface area contributed by atoms with Gasteiger partial charge in [0.15, 0.2) is 23.0 Å². The van der Waals surface area contributed by atoms with Gasteiger partial charge in [-0.2, -0.15) is 0 Å². The fraction of sp³-hybridized carbons (Fsp3) is 0.409. The summed E-state index contributed by atoms with van der Waals surface area (Å²) < 4.78 is 33.3. The predicted molar refractivity (Wildman–Crippen MR) is 110 cm³/mol. The van der Waals surface area contributed by atoms with Crippen molar-refractivity contribution >= 4 is 21.9 Å². The normalized spacial score (nSPS) is 25.9. The topological polar surface area (TPSA) is 72.5 Å². The summed E-state index contributed by atoms with van der Waals surface area (Å²) in [6.07, 6.45) is 0. The SMILES string of the molecule is COc1cc([C@@H]2c3cc4c(cc3C(Br)[C@H]3COC(=O)[C@H]23)OCO4)cc(OC)c1OC. The zero-order valence-electron chi connectivity index (χ0n) is 16.8. The van der Waals surface area contributed by atoms with Gasteiger partial charge in [-0.1, -0.05) is 15.9 Å². The first kappa shape index (κ1) is 19.4. The lowest BCUT2D eigenvalue weighted by atomic mass is 9.67. The van der Waals surface area contributed by atoms with Gasteiger partial charge < -0.3 is 28.4 Å². The maximum atomic E-state index is 12.8. The number of hydrogen-bond acceptors (Lipinski definition) is 7. The predicted octanol–water partition coefficient (Wildman–Crippen LogP) is 3.81. The quantitative estimate of drug-likeness (QED) is 0.490. The minimum atomic E-state index is -0.343. The molecule has 2 heterocycles. The van der Waals surface area contributed by atoms with Gasteiger partial charge in [-0.05, 0) is 41.0 Å². The van der Waals surface area contributed by atoms with Gasteiger partial charge in [0.25, 0.3) is 0 Å². The molecule has 1 aliphatic carbocycles. The number of halogens is 1. The molecule has 4 atom stereocenters. The molecule has 5 rings (SSSR count). The maximum Gasteiger partial charge on any atom is 0.310 e. The second-order valence-electron chi connectivity index (χ2n) is 7.49. The molecule has 7 nitrogen and oxygen atoms in total. The van der Waals surface area contributed by atoms with Gasteiger partial charge in [0.1, 0.15) is 0 Å². The van der Waals surface area contributed by atoms with Crippen LogP contribution < -0.4 is 23.7 Å². The molecule has 0 saturated carbocycles. The number of benzene rings is 2. The minimum absolute atomic E-state index is 0.00513. The molecule has 2 aromatic rings. The van der Waals surface area contributed by atoms with Crippen LogP contribution in [0.1, 0.15) is 27.4 Å². The van der Waals surface area contributed by atoms with Gasteiger partial charge in [-0.25, -0.2) is 0 Å². The zero-order valence-corrected chi connectivity index (χ0v) is 18.4. The van der Waals surface area contributed by atoms with Crippen LogP contribution in [0.5, 0.6) is 28.7 Å². The Morgan fingerprint density at radius 3 is 2.13 bits per heavy atom. The molecule has 0 bridgehead atoms. The smallest absolute Gasteiger partial charge is 0.310 e. The highest BCUT2D eigenvalue weighted by Gasteiger charge is 2.52. The van der Waals surface area contributed by atoms with E-state index >= 15 is 0 Å². The Morgan fingerprint density at radius 1 is 0.900 bits per heavy atom. The Hall–Kier alpha value is -2.61. The van der Waals surface area contributed by atoms with Crippen LogP contribution in [0.3, 0.4) is 0 Å². The molecule has 2 aliphatic heterocycles. The molecule has 0 aromatic heterocycles. The third-order valence-electron chi connectivity index (χ3n) is 6.14. The minimum Gasteiger partial charge on any atom is -0.493 e. The van der Waals surface area contributed by atoms with Crippen molar-refractivity contribution in [3.8, 4) is 28.7 Å². The number of esters is 1.